The van der Waals surface area contributed by atoms with Gasteiger partial charge in [0, 0.05) is 0 Å². The summed E-state index contributed by atoms with van der Waals surface area (Å²) in [5.41, 5.74) is 0. The van der Waals surface area contributed by atoms with Crippen LogP contribution in [-0.2, 0) is 28.6 Å². The molecule has 0 aliphatic rings. The first kappa shape index (κ1) is 21.8. The molecule has 142 valence electrons. The summed E-state index contributed by atoms with van der Waals surface area (Å²) in [5.74, 6) is 11.1. The summed E-state index contributed by atoms with van der Waals surface area (Å²) in [6, 6.07) is 6.83. The molecule has 0 unspecified atom stereocenters. The maximum atomic E-state index is 10.8. The van der Waals surface area contributed by atoms with Crippen LogP contribution in [0, 0.1) is 23.7 Å². The zero-order valence-electron chi connectivity index (χ0n) is 14.2. The molecule has 0 heterocycles. The van der Waals surface area contributed by atoms with Crippen LogP contribution in [-0.4, -0.2) is 55.8 Å². The van der Waals surface area contributed by atoms with Gasteiger partial charge in [0.1, 0.15) is 26.4 Å². The number of rotatable bonds is 8. The topological polar surface area (TPSA) is 105 Å². The van der Waals surface area contributed by atoms with Crippen LogP contribution < -0.4 is 9.47 Å². The molecule has 8 nitrogen and oxygen atoms in total. The van der Waals surface area contributed by atoms with Crippen LogP contribution in [0.25, 0.3) is 0 Å². The summed E-state index contributed by atoms with van der Waals surface area (Å²) >= 11 is 0. The molecule has 0 spiro atoms. The summed E-state index contributed by atoms with van der Waals surface area (Å²) in [6.45, 7) is -0.459. The van der Waals surface area contributed by atoms with E-state index in [2.05, 4.69) is 32.0 Å². The van der Waals surface area contributed by atoms with Crippen molar-refractivity contribution >= 4 is 20.2 Å². The molecule has 1 aromatic rings. The monoisotopic (exact) mass is 402 g/mol. The fourth-order valence-corrected chi connectivity index (χ4v) is 1.94. The Morgan fingerprint density at radius 1 is 0.692 bits per heavy atom. The van der Waals surface area contributed by atoms with Crippen molar-refractivity contribution in [2.45, 2.75) is 0 Å². The van der Waals surface area contributed by atoms with Crippen molar-refractivity contribution in [3.63, 3.8) is 0 Å². The van der Waals surface area contributed by atoms with E-state index in [1.165, 1.54) is 0 Å². The first-order valence-corrected chi connectivity index (χ1v) is 10.8. The van der Waals surface area contributed by atoms with Crippen molar-refractivity contribution in [3.05, 3.63) is 24.3 Å². The Labute approximate surface area is 153 Å². The molecular formula is C16H18O8S2. The molecule has 0 N–H and O–H groups in total. The highest BCUT2D eigenvalue weighted by Gasteiger charge is 2.03. The summed E-state index contributed by atoms with van der Waals surface area (Å²) < 4.78 is 62.8. The zero-order valence-corrected chi connectivity index (χ0v) is 15.9. The van der Waals surface area contributed by atoms with Gasteiger partial charge in [-0.05, 0) is 12.1 Å². The minimum atomic E-state index is -3.51. The summed E-state index contributed by atoms with van der Waals surface area (Å²) in [7, 11) is -7.03. The minimum Gasteiger partial charge on any atom is -0.477 e. The highest BCUT2D eigenvalue weighted by atomic mass is 32.2. The van der Waals surface area contributed by atoms with Gasteiger partial charge in [-0.15, -0.1) is 0 Å². The van der Waals surface area contributed by atoms with Gasteiger partial charge in [-0.25, -0.2) is 0 Å². The Morgan fingerprint density at radius 2 is 1.04 bits per heavy atom. The van der Waals surface area contributed by atoms with Crippen molar-refractivity contribution in [2.75, 3.05) is 38.9 Å². The molecule has 0 aromatic heterocycles. The summed E-state index contributed by atoms with van der Waals surface area (Å²) in [5, 5.41) is 0. The van der Waals surface area contributed by atoms with Crippen LogP contribution in [0.5, 0.6) is 11.5 Å². The maximum Gasteiger partial charge on any atom is 0.265 e. The van der Waals surface area contributed by atoms with E-state index in [4.69, 9.17) is 9.47 Å². The van der Waals surface area contributed by atoms with Crippen molar-refractivity contribution in [1.29, 1.82) is 0 Å². The molecule has 1 aromatic carbocycles. The van der Waals surface area contributed by atoms with Crippen molar-refractivity contribution in [1.82, 2.24) is 0 Å². The first-order chi connectivity index (χ1) is 12.2. The molecular weight excluding hydrogens is 384 g/mol. The molecule has 26 heavy (non-hydrogen) atoms. The smallest absolute Gasteiger partial charge is 0.265 e. The van der Waals surface area contributed by atoms with Crippen LogP contribution in [0.4, 0.5) is 0 Å². The van der Waals surface area contributed by atoms with Gasteiger partial charge in [-0.2, -0.15) is 16.8 Å². The second-order valence-electron chi connectivity index (χ2n) is 4.66. The van der Waals surface area contributed by atoms with Crippen molar-refractivity contribution in [2.24, 2.45) is 0 Å². The van der Waals surface area contributed by atoms with E-state index in [9.17, 15) is 16.8 Å². The Kier molecular flexibility index (Phi) is 8.96. The van der Waals surface area contributed by atoms with E-state index in [0.29, 0.717) is 11.5 Å². The predicted molar refractivity (Wildman–Crippen MR) is 94.6 cm³/mol. The lowest BCUT2D eigenvalue weighted by Gasteiger charge is -2.08. The largest absolute Gasteiger partial charge is 0.477 e. The second kappa shape index (κ2) is 10.7. The van der Waals surface area contributed by atoms with Gasteiger partial charge in [-0.3, -0.25) is 8.37 Å². The van der Waals surface area contributed by atoms with Gasteiger partial charge < -0.3 is 9.47 Å². The molecule has 0 aliphatic heterocycles. The quantitative estimate of drug-likeness (QED) is 0.455. The number of hydrogen-bond acceptors (Lipinski definition) is 8. The maximum absolute atomic E-state index is 10.8. The molecule has 0 amide bonds. The number of hydrogen-bond donors (Lipinski definition) is 0. The lowest BCUT2D eigenvalue weighted by Crippen LogP contribution is -2.03. The van der Waals surface area contributed by atoms with Crippen LogP contribution in [0.2, 0.25) is 0 Å². The Morgan fingerprint density at radius 3 is 1.38 bits per heavy atom. The Bertz CT molecular complexity index is 835. The SMILES string of the molecule is CS(=O)(=O)OCC#CCOc1ccccc1OCC#CCOS(C)(=O)=O. The molecule has 1 rings (SSSR count). The van der Waals surface area contributed by atoms with Gasteiger partial charge in [0.2, 0.25) is 0 Å². The van der Waals surface area contributed by atoms with Crippen molar-refractivity contribution in [3.8, 4) is 35.2 Å². The first-order valence-electron chi connectivity index (χ1n) is 7.12. The lowest BCUT2D eigenvalue weighted by atomic mass is 10.3. The molecule has 0 bridgehead atoms. The Balaban J connectivity index is 2.45. The Hall–Kier alpha value is -2.24. The molecule has 0 fully saturated rings. The fraction of sp³-hybridized carbons (Fsp3) is 0.375. The van der Waals surface area contributed by atoms with Gasteiger partial charge in [-0.1, -0.05) is 35.8 Å². The van der Waals surface area contributed by atoms with Gasteiger partial charge >= 0.3 is 0 Å². The van der Waals surface area contributed by atoms with Crippen LogP contribution in [0.15, 0.2) is 24.3 Å². The molecule has 0 aliphatic carbocycles. The predicted octanol–water partition coefficient (Wildman–Crippen LogP) is 0.403. The average molecular weight is 402 g/mol. The molecule has 0 saturated heterocycles. The number of ether oxygens (including phenoxy) is 2. The van der Waals surface area contributed by atoms with Gasteiger partial charge in [0.25, 0.3) is 20.2 Å². The number of benzene rings is 1. The zero-order chi connectivity index (χ0) is 19.5. The summed E-state index contributed by atoms with van der Waals surface area (Å²) in [6.07, 6.45) is 1.88. The molecule has 0 saturated carbocycles. The van der Waals surface area contributed by atoms with E-state index in [1.807, 2.05) is 0 Å². The number of para-hydroxylation sites is 2. The third-order valence-corrected chi connectivity index (χ3v) is 3.48. The molecule has 0 atom stereocenters. The second-order valence-corrected chi connectivity index (χ2v) is 7.95. The average Bonchev–Trinajstić information content (AvgIpc) is 2.53. The van der Waals surface area contributed by atoms with E-state index < -0.39 is 20.2 Å². The van der Waals surface area contributed by atoms with Gasteiger partial charge in [0.15, 0.2) is 11.5 Å². The summed E-state index contributed by atoms with van der Waals surface area (Å²) in [4.78, 5) is 0. The third kappa shape index (κ3) is 11.3. The highest BCUT2D eigenvalue weighted by Crippen LogP contribution is 2.25. The van der Waals surface area contributed by atoms with E-state index in [0.717, 1.165) is 12.5 Å². The normalized spacial score (nSPS) is 10.8. The standard InChI is InChI=1S/C16H18O8S2/c1-25(17,18)23-13-7-5-11-21-15-9-3-4-10-16(15)22-12-6-8-14-24-26(2,19)20/h3-4,9-10H,11-14H2,1-2H3. The van der Waals surface area contributed by atoms with Crippen molar-refractivity contribution < 1.29 is 34.7 Å². The van der Waals surface area contributed by atoms with Crippen LogP contribution in [0.1, 0.15) is 0 Å². The molecule has 10 heteroatoms. The van der Waals surface area contributed by atoms with Gasteiger partial charge in [0.05, 0.1) is 12.5 Å². The lowest BCUT2D eigenvalue weighted by molar-refractivity contribution is 0.313. The molecule has 0 radical (unpaired) electrons. The highest BCUT2D eigenvalue weighted by molar-refractivity contribution is 7.86. The third-order valence-electron chi connectivity index (χ3n) is 2.39. The van der Waals surface area contributed by atoms with Crippen LogP contribution in [0.3, 0.4) is 0 Å². The van der Waals surface area contributed by atoms with Crippen LogP contribution >= 0.6 is 0 Å². The van der Waals surface area contributed by atoms with E-state index in [1.54, 1.807) is 24.3 Å². The minimum absolute atomic E-state index is 0.0153. The van der Waals surface area contributed by atoms with E-state index in [-0.39, 0.29) is 26.4 Å². The fourth-order valence-electron chi connectivity index (χ4n) is 1.39. The van der Waals surface area contributed by atoms with E-state index >= 15 is 0 Å².